The van der Waals surface area contributed by atoms with Gasteiger partial charge >= 0.3 is 0 Å². The molecule has 1 saturated heterocycles. The second-order valence-electron chi connectivity index (χ2n) is 6.28. The van der Waals surface area contributed by atoms with Crippen molar-refractivity contribution in [1.29, 1.82) is 0 Å². The highest BCUT2D eigenvalue weighted by molar-refractivity contribution is 5.88. The minimum Gasteiger partial charge on any atom is -0.507 e. The Kier molecular flexibility index (Phi) is 4.02. The lowest BCUT2D eigenvalue weighted by atomic mass is 9.98. The van der Waals surface area contributed by atoms with Crippen molar-refractivity contribution in [2.75, 3.05) is 20.2 Å². The molecule has 0 aliphatic carbocycles. The minimum absolute atomic E-state index is 0.404. The van der Waals surface area contributed by atoms with Gasteiger partial charge in [0, 0.05) is 5.92 Å². The topological polar surface area (TPSA) is 33.9 Å². The molecule has 3 rings (SSSR count). The van der Waals surface area contributed by atoms with Gasteiger partial charge in [-0.15, -0.1) is 0 Å². The summed E-state index contributed by atoms with van der Waals surface area (Å²) >= 11 is 0. The number of fused-ring (bicyclic) bond motifs is 1. The van der Waals surface area contributed by atoms with Gasteiger partial charge in [-0.1, -0.05) is 19.1 Å². The normalized spacial score (nSPS) is 22.4. The fourth-order valence-electron chi connectivity index (χ4n) is 3.47. The van der Waals surface area contributed by atoms with Gasteiger partial charge in [0.15, 0.2) is 0 Å². The number of rotatable bonds is 3. The number of phenols is 1. The van der Waals surface area contributed by atoms with Crippen LogP contribution in [0.4, 0.5) is 0 Å². The maximum atomic E-state index is 10.3. The minimum atomic E-state index is 0.404. The van der Waals surface area contributed by atoms with E-state index in [2.05, 4.69) is 13.0 Å². The fourth-order valence-corrected chi connectivity index (χ4v) is 3.47. The lowest BCUT2D eigenvalue weighted by Crippen LogP contribution is -3.12. The van der Waals surface area contributed by atoms with Crippen LogP contribution >= 0.6 is 0 Å². The molecule has 0 saturated carbocycles. The number of benzene rings is 2. The summed E-state index contributed by atoms with van der Waals surface area (Å²) in [5.41, 5.74) is 1.05. The van der Waals surface area contributed by atoms with Gasteiger partial charge in [0.05, 0.1) is 25.8 Å². The van der Waals surface area contributed by atoms with E-state index in [4.69, 9.17) is 4.74 Å². The second kappa shape index (κ2) is 5.94. The maximum Gasteiger partial charge on any atom is 0.125 e. The van der Waals surface area contributed by atoms with Crippen LogP contribution in [-0.4, -0.2) is 25.3 Å². The van der Waals surface area contributed by atoms with Crippen molar-refractivity contribution in [1.82, 2.24) is 0 Å². The van der Waals surface area contributed by atoms with E-state index < -0.39 is 0 Å². The Morgan fingerprint density at radius 2 is 2.10 bits per heavy atom. The van der Waals surface area contributed by atoms with Gasteiger partial charge in [-0.25, -0.2) is 0 Å². The molecule has 21 heavy (non-hydrogen) atoms. The molecule has 1 aliphatic heterocycles. The second-order valence-corrected chi connectivity index (χ2v) is 6.28. The van der Waals surface area contributed by atoms with Crippen LogP contribution in [0.25, 0.3) is 10.8 Å². The Bertz CT molecular complexity index is 638. The number of ether oxygens (including phenoxy) is 1. The number of nitrogens with one attached hydrogen (secondary N) is 1. The van der Waals surface area contributed by atoms with Crippen LogP contribution in [0.2, 0.25) is 0 Å². The lowest BCUT2D eigenvalue weighted by molar-refractivity contribution is -0.922. The Hall–Kier alpha value is -1.74. The van der Waals surface area contributed by atoms with Gasteiger partial charge < -0.3 is 14.7 Å². The van der Waals surface area contributed by atoms with E-state index in [-0.39, 0.29) is 0 Å². The number of methoxy groups -OCH3 is 1. The molecule has 1 aliphatic rings. The van der Waals surface area contributed by atoms with Crippen LogP contribution in [0.15, 0.2) is 30.3 Å². The summed E-state index contributed by atoms with van der Waals surface area (Å²) in [6.45, 7) is 5.61. The zero-order valence-electron chi connectivity index (χ0n) is 12.9. The third-order valence-electron chi connectivity index (χ3n) is 4.61. The molecule has 0 spiro atoms. The molecule has 1 heterocycles. The first-order valence-corrected chi connectivity index (χ1v) is 7.79. The molecule has 2 aromatic rings. The average molecular weight is 286 g/mol. The summed E-state index contributed by atoms with van der Waals surface area (Å²) < 4.78 is 5.34. The van der Waals surface area contributed by atoms with Gasteiger partial charge in [0.2, 0.25) is 0 Å². The van der Waals surface area contributed by atoms with E-state index >= 15 is 0 Å². The predicted octanol–water partition coefficient (Wildman–Crippen LogP) is 2.37. The Morgan fingerprint density at radius 1 is 1.29 bits per heavy atom. The SMILES string of the molecule is COc1ccc2ccc(O)c(C[NH+]3CCC[C@@H](C)C3)c2c1. The summed E-state index contributed by atoms with van der Waals surface area (Å²) in [7, 11) is 1.68. The van der Waals surface area contributed by atoms with Crippen LogP contribution in [0, 0.1) is 5.92 Å². The van der Waals surface area contributed by atoms with Crippen LogP contribution < -0.4 is 9.64 Å². The number of piperidine rings is 1. The predicted molar refractivity (Wildman–Crippen MR) is 85.0 cm³/mol. The number of phenolic OH excluding ortho intramolecular Hbond substituents is 1. The largest absolute Gasteiger partial charge is 0.507 e. The zero-order chi connectivity index (χ0) is 14.8. The van der Waals surface area contributed by atoms with E-state index in [1.165, 1.54) is 25.9 Å². The Morgan fingerprint density at radius 3 is 2.86 bits per heavy atom. The fraction of sp³-hybridized carbons (Fsp3) is 0.444. The lowest BCUT2D eigenvalue weighted by Gasteiger charge is -2.28. The van der Waals surface area contributed by atoms with Crippen LogP contribution in [0.5, 0.6) is 11.5 Å². The first kappa shape index (κ1) is 14.2. The third-order valence-corrected chi connectivity index (χ3v) is 4.61. The summed E-state index contributed by atoms with van der Waals surface area (Å²) in [5.74, 6) is 2.03. The van der Waals surface area contributed by atoms with Crippen molar-refractivity contribution >= 4 is 10.8 Å². The molecule has 2 atom stereocenters. The van der Waals surface area contributed by atoms with E-state index in [1.807, 2.05) is 24.3 Å². The van der Waals surface area contributed by atoms with Crippen LogP contribution in [-0.2, 0) is 6.54 Å². The molecular weight excluding hydrogens is 262 g/mol. The number of quaternary nitrogens is 1. The van der Waals surface area contributed by atoms with Crippen LogP contribution in [0.1, 0.15) is 25.3 Å². The summed E-state index contributed by atoms with van der Waals surface area (Å²) in [6, 6.07) is 9.86. The molecule has 0 aromatic heterocycles. The summed E-state index contributed by atoms with van der Waals surface area (Å²) in [5, 5.41) is 12.6. The Labute approximate surface area is 126 Å². The molecule has 2 N–H and O–H groups in total. The number of aromatic hydroxyl groups is 1. The van der Waals surface area contributed by atoms with Gasteiger partial charge in [0.25, 0.3) is 0 Å². The maximum absolute atomic E-state index is 10.3. The van der Waals surface area contributed by atoms with E-state index in [9.17, 15) is 5.11 Å². The van der Waals surface area contributed by atoms with Crippen molar-refractivity contribution in [3.05, 3.63) is 35.9 Å². The van der Waals surface area contributed by atoms with Crippen LogP contribution in [0.3, 0.4) is 0 Å². The zero-order valence-corrected chi connectivity index (χ0v) is 12.9. The smallest absolute Gasteiger partial charge is 0.125 e. The highest BCUT2D eigenvalue weighted by Gasteiger charge is 2.22. The summed E-state index contributed by atoms with van der Waals surface area (Å²) in [6.07, 6.45) is 2.62. The Balaban J connectivity index is 1.97. The molecule has 112 valence electrons. The average Bonchev–Trinajstić information content (AvgIpc) is 2.50. The van der Waals surface area contributed by atoms with E-state index in [1.54, 1.807) is 12.0 Å². The quantitative estimate of drug-likeness (QED) is 0.908. The molecule has 0 bridgehead atoms. The number of hydrogen-bond donors (Lipinski definition) is 2. The molecule has 0 amide bonds. The molecule has 2 aromatic carbocycles. The van der Waals surface area contributed by atoms with Gasteiger partial charge in [0.1, 0.15) is 18.0 Å². The van der Waals surface area contributed by atoms with E-state index in [0.29, 0.717) is 5.75 Å². The molecule has 3 nitrogen and oxygen atoms in total. The van der Waals surface area contributed by atoms with Crippen molar-refractivity contribution in [3.8, 4) is 11.5 Å². The molecule has 3 heteroatoms. The van der Waals surface area contributed by atoms with Crippen molar-refractivity contribution in [2.24, 2.45) is 5.92 Å². The highest BCUT2D eigenvalue weighted by Crippen LogP contribution is 2.29. The standard InChI is InChI=1S/C18H23NO2/c1-13-4-3-9-19(11-13)12-17-16-10-15(21-2)7-5-14(16)6-8-18(17)20/h5-8,10,13,20H,3-4,9,11-12H2,1-2H3/p+1/t13-/m1/s1. The van der Waals surface area contributed by atoms with Crippen molar-refractivity contribution < 1.29 is 14.7 Å². The van der Waals surface area contributed by atoms with Crippen molar-refractivity contribution in [3.63, 3.8) is 0 Å². The van der Waals surface area contributed by atoms with Crippen molar-refractivity contribution in [2.45, 2.75) is 26.3 Å². The molecule has 0 radical (unpaired) electrons. The molecule has 1 unspecified atom stereocenters. The number of likely N-dealkylation sites (tertiary alicyclic amines) is 1. The first-order chi connectivity index (χ1) is 10.2. The number of hydrogen-bond acceptors (Lipinski definition) is 2. The molecule has 1 fully saturated rings. The van der Waals surface area contributed by atoms with Gasteiger partial charge in [-0.2, -0.15) is 0 Å². The highest BCUT2D eigenvalue weighted by atomic mass is 16.5. The third kappa shape index (κ3) is 2.98. The van der Waals surface area contributed by atoms with Gasteiger partial charge in [-0.3, -0.25) is 0 Å². The molecular formula is C18H24NO2+. The van der Waals surface area contributed by atoms with E-state index in [0.717, 1.165) is 34.5 Å². The summed E-state index contributed by atoms with van der Waals surface area (Å²) in [4.78, 5) is 1.57. The monoisotopic (exact) mass is 286 g/mol. The first-order valence-electron chi connectivity index (χ1n) is 7.79. The van der Waals surface area contributed by atoms with Gasteiger partial charge in [-0.05, 0) is 41.8 Å².